The minimum absolute atomic E-state index is 0.0413. The number of aromatic nitrogens is 2. The second-order valence-electron chi connectivity index (χ2n) is 3.23. The molecule has 0 fully saturated rings. The molecule has 0 aliphatic rings. The Morgan fingerprint density at radius 2 is 2.33 bits per heavy atom. The molecule has 0 spiro atoms. The van der Waals surface area contributed by atoms with Crippen LogP contribution in [-0.4, -0.2) is 29.5 Å². The molecule has 1 aromatic rings. The first kappa shape index (κ1) is 11.2. The number of hydrogen-bond acceptors (Lipinski definition) is 4. The number of nitrogens with two attached hydrogens (primary N) is 1. The second kappa shape index (κ2) is 4.59. The molecule has 0 saturated heterocycles. The standard InChI is InChI=1S/C9H14N4O2/c1-3-7-11-8(4-9(15)12-7)13(2)5-6(10)14/h4H,3,5H2,1-2H3,(H2,10,14)(H,11,12,15). The predicted octanol–water partition coefficient (Wildman–Crippen LogP) is -0.746. The third-order valence-corrected chi connectivity index (χ3v) is 1.90. The molecule has 0 unspecified atom stereocenters. The number of H-pyrrole nitrogens is 1. The first-order valence-electron chi connectivity index (χ1n) is 4.62. The number of carbonyl (C=O) groups excluding carboxylic acids is 1. The SMILES string of the molecule is CCc1nc(N(C)CC(N)=O)cc(=O)[nH]1. The Morgan fingerprint density at radius 1 is 1.67 bits per heavy atom. The van der Waals surface area contributed by atoms with Crippen molar-refractivity contribution in [3.8, 4) is 0 Å². The number of nitrogens with one attached hydrogen (secondary N) is 1. The number of rotatable bonds is 4. The fourth-order valence-electron chi connectivity index (χ4n) is 1.17. The number of nitrogens with zero attached hydrogens (tertiary/aromatic N) is 2. The monoisotopic (exact) mass is 210 g/mol. The fraction of sp³-hybridized carbons (Fsp3) is 0.444. The van der Waals surface area contributed by atoms with Gasteiger partial charge in [-0.25, -0.2) is 4.98 Å². The molecule has 1 heterocycles. The topological polar surface area (TPSA) is 92.1 Å². The molecule has 82 valence electrons. The third kappa shape index (κ3) is 3.08. The molecular formula is C9H14N4O2. The molecule has 1 aromatic heterocycles. The largest absolute Gasteiger partial charge is 0.368 e. The van der Waals surface area contributed by atoms with Crippen molar-refractivity contribution < 1.29 is 4.79 Å². The Kier molecular flexibility index (Phi) is 3.43. The van der Waals surface area contributed by atoms with Crippen LogP contribution in [0.3, 0.4) is 0 Å². The predicted molar refractivity (Wildman–Crippen MR) is 56.7 cm³/mol. The van der Waals surface area contributed by atoms with Crippen LogP contribution < -0.4 is 16.2 Å². The molecule has 6 nitrogen and oxygen atoms in total. The van der Waals surface area contributed by atoms with Gasteiger partial charge >= 0.3 is 0 Å². The van der Waals surface area contributed by atoms with Crippen molar-refractivity contribution in [3.63, 3.8) is 0 Å². The molecule has 6 heteroatoms. The first-order valence-corrected chi connectivity index (χ1v) is 4.62. The van der Waals surface area contributed by atoms with Crippen LogP contribution in [0.1, 0.15) is 12.7 Å². The molecule has 0 aliphatic heterocycles. The zero-order chi connectivity index (χ0) is 11.4. The van der Waals surface area contributed by atoms with Crippen LogP contribution in [0.5, 0.6) is 0 Å². The number of likely N-dealkylation sites (N-methyl/N-ethyl adjacent to an activating group) is 1. The minimum Gasteiger partial charge on any atom is -0.368 e. The van der Waals surface area contributed by atoms with Crippen LogP contribution in [0.15, 0.2) is 10.9 Å². The van der Waals surface area contributed by atoms with Gasteiger partial charge < -0.3 is 15.6 Å². The average Bonchev–Trinajstić information content (AvgIpc) is 2.15. The molecule has 3 N–H and O–H groups in total. The lowest BCUT2D eigenvalue weighted by molar-refractivity contribution is -0.116. The Balaban J connectivity index is 2.98. The van der Waals surface area contributed by atoms with Crippen molar-refractivity contribution in [3.05, 3.63) is 22.2 Å². The van der Waals surface area contributed by atoms with Crippen LogP contribution in [0.2, 0.25) is 0 Å². The Morgan fingerprint density at radius 3 is 2.87 bits per heavy atom. The summed E-state index contributed by atoms with van der Waals surface area (Å²) >= 11 is 0. The lowest BCUT2D eigenvalue weighted by Gasteiger charge is -2.15. The summed E-state index contributed by atoms with van der Waals surface area (Å²) < 4.78 is 0. The van der Waals surface area contributed by atoms with E-state index in [1.54, 1.807) is 7.05 Å². The molecule has 0 aromatic carbocycles. The summed E-state index contributed by atoms with van der Waals surface area (Å²) in [6, 6.07) is 1.34. The number of aryl methyl sites for hydroxylation is 1. The van der Waals surface area contributed by atoms with E-state index in [1.807, 2.05) is 6.92 Å². The smallest absolute Gasteiger partial charge is 0.252 e. The number of anilines is 1. The van der Waals surface area contributed by atoms with E-state index in [4.69, 9.17) is 5.73 Å². The van der Waals surface area contributed by atoms with Gasteiger partial charge in [0, 0.05) is 19.5 Å². The van der Waals surface area contributed by atoms with Crippen molar-refractivity contribution in [2.24, 2.45) is 5.73 Å². The molecule has 1 amide bonds. The highest BCUT2D eigenvalue weighted by Gasteiger charge is 2.07. The van der Waals surface area contributed by atoms with Crippen molar-refractivity contribution in [2.45, 2.75) is 13.3 Å². The normalized spacial score (nSPS) is 10.0. The number of carbonyl (C=O) groups is 1. The van der Waals surface area contributed by atoms with Crippen LogP contribution in [0.4, 0.5) is 5.82 Å². The molecule has 0 radical (unpaired) electrons. The molecule has 1 rings (SSSR count). The minimum atomic E-state index is -0.461. The molecule has 15 heavy (non-hydrogen) atoms. The Labute approximate surface area is 87.1 Å². The zero-order valence-corrected chi connectivity index (χ0v) is 8.78. The number of primary amides is 1. The van der Waals surface area contributed by atoms with Gasteiger partial charge in [0.05, 0.1) is 6.54 Å². The summed E-state index contributed by atoms with van der Waals surface area (Å²) in [4.78, 5) is 30.2. The maximum atomic E-state index is 11.2. The number of amides is 1. The highest BCUT2D eigenvalue weighted by molar-refractivity contribution is 5.78. The second-order valence-corrected chi connectivity index (χ2v) is 3.23. The van der Waals surface area contributed by atoms with Crippen LogP contribution in [0.25, 0.3) is 0 Å². The van der Waals surface area contributed by atoms with Gasteiger partial charge in [-0.2, -0.15) is 0 Å². The van der Waals surface area contributed by atoms with Gasteiger partial charge in [0.2, 0.25) is 5.91 Å². The molecule has 0 atom stereocenters. The van der Waals surface area contributed by atoms with Gasteiger partial charge in [-0.3, -0.25) is 9.59 Å². The van der Waals surface area contributed by atoms with E-state index >= 15 is 0 Å². The van der Waals surface area contributed by atoms with E-state index in [0.717, 1.165) is 0 Å². The summed E-state index contributed by atoms with van der Waals surface area (Å²) in [6.45, 7) is 1.93. The van der Waals surface area contributed by atoms with Crippen LogP contribution >= 0.6 is 0 Å². The zero-order valence-electron chi connectivity index (χ0n) is 8.78. The number of aromatic amines is 1. The Hall–Kier alpha value is -1.85. The quantitative estimate of drug-likeness (QED) is 0.684. The van der Waals surface area contributed by atoms with Gasteiger partial charge in [0.1, 0.15) is 11.6 Å². The molecule has 0 saturated carbocycles. The van der Waals surface area contributed by atoms with E-state index in [9.17, 15) is 9.59 Å². The van der Waals surface area contributed by atoms with E-state index in [0.29, 0.717) is 18.1 Å². The first-order chi connectivity index (χ1) is 7.02. The third-order valence-electron chi connectivity index (χ3n) is 1.90. The van der Waals surface area contributed by atoms with Crippen LogP contribution in [0, 0.1) is 0 Å². The van der Waals surface area contributed by atoms with E-state index in [-0.39, 0.29) is 12.1 Å². The van der Waals surface area contributed by atoms with Gasteiger partial charge in [-0.1, -0.05) is 6.92 Å². The van der Waals surface area contributed by atoms with Gasteiger partial charge in [-0.15, -0.1) is 0 Å². The van der Waals surface area contributed by atoms with Gasteiger partial charge in [0.15, 0.2) is 0 Å². The van der Waals surface area contributed by atoms with E-state index < -0.39 is 5.91 Å². The molecule has 0 aliphatic carbocycles. The van der Waals surface area contributed by atoms with Crippen molar-refractivity contribution in [2.75, 3.05) is 18.5 Å². The molecular weight excluding hydrogens is 196 g/mol. The van der Waals surface area contributed by atoms with Crippen molar-refractivity contribution in [1.82, 2.24) is 9.97 Å². The van der Waals surface area contributed by atoms with Crippen LogP contribution in [-0.2, 0) is 11.2 Å². The summed E-state index contributed by atoms with van der Waals surface area (Å²) in [7, 11) is 1.66. The van der Waals surface area contributed by atoms with Gasteiger partial charge in [0.25, 0.3) is 5.56 Å². The lowest BCUT2D eigenvalue weighted by Crippen LogP contribution is -2.32. The summed E-state index contributed by atoms with van der Waals surface area (Å²) in [6.07, 6.45) is 0.632. The Bertz CT molecular complexity index is 413. The highest BCUT2D eigenvalue weighted by atomic mass is 16.1. The maximum absolute atomic E-state index is 11.2. The van der Waals surface area contributed by atoms with E-state index in [1.165, 1.54) is 11.0 Å². The summed E-state index contributed by atoms with van der Waals surface area (Å²) in [5.41, 5.74) is 4.82. The summed E-state index contributed by atoms with van der Waals surface area (Å²) in [5, 5.41) is 0. The highest BCUT2D eigenvalue weighted by Crippen LogP contribution is 2.04. The number of hydrogen-bond donors (Lipinski definition) is 2. The summed E-state index contributed by atoms with van der Waals surface area (Å²) in [5.74, 6) is 0.584. The average molecular weight is 210 g/mol. The lowest BCUT2D eigenvalue weighted by atomic mass is 10.4. The van der Waals surface area contributed by atoms with Crippen molar-refractivity contribution >= 4 is 11.7 Å². The van der Waals surface area contributed by atoms with E-state index in [2.05, 4.69) is 9.97 Å². The molecule has 0 bridgehead atoms. The fourth-order valence-corrected chi connectivity index (χ4v) is 1.17. The van der Waals surface area contributed by atoms with Crippen molar-refractivity contribution in [1.29, 1.82) is 0 Å². The van der Waals surface area contributed by atoms with Gasteiger partial charge in [-0.05, 0) is 0 Å². The maximum Gasteiger partial charge on any atom is 0.252 e.